The first-order chi connectivity index (χ1) is 12.1. The zero-order valence-corrected chi connectivity index (χ0v) is 14.7. The summed E-state index contributed by atoms with van der Waals surface area (Å²) in [6, 6.07) is 18.3. The Morgan fingerprint density at radius 3 is 2.32 bits per heavy atom. The van der Waals surface area contributed by atoms with E-state index in [4.69, 9.17) is 4.74 Å². The molecule has 3 rings (SSSR count). The highest BCUT2D eigenvalue weighted by Gasteiger charge is 2.25. The van der Waals surface area contributed by atoms with Crippen LogP contribution >= 0.6 is 0 Å². The van der Waals surface area contributed by atoms with Gasteiger partial charge in [-0.05, 0) is 43.7 Å². The molecule has 1 fully saturated rings. The second kappa shape index (κ2) is 8.03. The van der Waals surface area contributed by atoms with E-state index in [-0.39, 0.29) is 6.03 Å². The van der Waals surface area contributed by atoms with Crippen molar-refractivity contribution in [2.24, 2.45) is 0 Å². The highest BCUT2D eigenvalue weighted by Crippen LogP contribution is 2.25. The van der Waals surface area contributed by atoms with E-state index in [0.29, 0.717) is 18.6 Å². The minimum atomic E-state index is -0.204. The quantitative estimate of drug-likeness (QED) is 0.894. The van der Waals surface area contributed by atoms with Crippen molar-refractivity contribution in [2.45, 2.75) is 32.5 Å². The van der Waals surface area contributed by atoms with Gasteiger partial charge < -0.3 is 20.3 Å². The molecule has 2 atom stereocenters. The first-order valence-electron chi connectivity index (χ1n) is 8.68. The van der Waals surface area contributed by atoms with Crippen molar-refractivity contribution in [1.82, 2.24) is 5.32 Å². The van der Waals surface area contributed by atoms with Crippen LogP contribution in [-0.4, -0.2) is 31.3 Å². The fourth-order valence-electron chi connectivity index (χ4n) is 3.18. The lowest BCUT2D eigenvalue weighted by molar-refractivity contribution is 0.0757. The predicted octanol–water partition coefficient (Wildman–Crippen LogP) is 3.62. The second-order valence-electron chi connectivity index (χ2n) is 6.48. The Hall–Kier alpha value is -2.53. The van der Waals surface area contributed by atoms with Crippen LogP contribution in [0.3, 0.4) is 0 Å². The van der Waals surface area contributed by atoms with Gasteiger partial charge in [-0.25, -0.2) is 4.79 Å². The Labute approximate surface area is 149 Å². The molecule has 0 spiro atoms. The van der Waals surface area contributed by atoms with Crippen molar-refractivity contribution in [1.29, 1.82) is 0 Å². The van der Waals surface area contributed by atoms with E-state index in [1.165, 1.54) is 0 Å². The van der Waals surface area contributed by atoms with Gasteiger partial charge in [-0.2, -0.15) is 0 Å². The molecule has 0 saturated carbocycles. The minimum absolute atomic E-state index is 0.204. The number of benzene rings is 2. The number of carbonyl (C=O) groups excluding carboxylic acids is 1. The molecule has 0 aromatic heterocycles. The fraction of sp³-hybridized carbons (Fsp3) is 0.350. The lowest BCUT2D eigenvalue weighted by Crippen LogP contribution is -2.49. The van der Waals surface area contributed by atoms with Gasteiger partial charge in [-0.15, -0.1) is 0 Å². The van der Waals surface area contributed by atoms with Gasteiger partial charge in [0.25, 0.3) is 0 Å². The number of hydrogen-bond acceptors (Lipinski definition) is 3. The molecule has 5 nitrogen and oxygen atoms in total. The summed E-state index contributed by atoms with van der Waals surface area (Å²) in [5, 5.41) is 5.73. The molecule has 1 aliphatic rings. The highest BCUT2D eigenvalue weighted by molar-refractivity contribution is 5.89. The summed E-state index contributed by atoms with van der Waals surface area (Å²) in [7, 11) is 0. The lowest BCUT2D eigenvalue weighted by atomic mass is 10.1. The maximum atomic E-state index is 12.0. The summed E-state index contributed by atoms with van der Waals surface area (Å²) in [5.74, 6) is 0. The molecule has 1 heterocycles. The zero-order chi connectivity index (χ0) is 17.6. The Balaban J connectivity index is 1.56. The maximum absolute atomic E-state index is 12.0. The third-order valence-corrected chi connectivity index (χ3v) is 4.39. The maximum Gasteiger partial charge on any atom is 0.319 e. The van der Waals surface area contributed by atoms with Crippen LogP contribution in [-0.2, 0) is 11.3 Å². The molecule has 2 N–H and O–H groups in total. The molecule has 2 aromatic rings. The van der Waals surface area contributed by atoms with E-state index in [2.05, 4.69) is 29.4 Å². The molecule has 2 amide bonds. The van der Waals surface area contributed by atoms with E-state index >= 15 is 0 Å². The SMILES string of the molecule is CC1COCC(C)N1c1ccc(NC(=O)NCc2ccccc2)cc1. The highest BCUT2D eigenvalue weighted by atomic mass is 16.5. The van der Waals surface area contributed by atoms with Crippen LogP contribution < -0.4 is 15.5 Å². The molecular formula is C20H25N3O2. The number of carbonyl (C=O) groups is 1. The van der Waals surface area contributed by atoms with Gasteiger partial charge in [0.05, 0.1) is 13.2 Å². The molecule has 2 aromatic carbocycles. The van der Waals surface area contributed by atoms with E-state index in [1.54, 1.807) is 0 Å². The first-order valence-corrected chi connectivity index (χ1v) is 8.68. The van der Waals surface area contributed by atoms with Gasteiger partial charge in [-0.1, -0.05) is 30.3 Å². The van der Waals surface area contributed by atoms with Gasteiger partial charge >= 0.3 is 6.03 Å². The smallest absolute Gasteiger partial charge is 0.319 e. The molecule has 2 unspecified atom stereocenters. The number of hydrogen-bond donors (Lipinski definition) is 2. The van der Waals surface area contributed by atoms with Crippen molar-refractivity contribution in [2.75, 3.05) is 23.4 Å². The van der Waals surface area contributed by atoms with Crippen molar-refractivity contribution in [3.63, 3.8) is 0 Å². The largest absolute Gasteiger partial charge is 0.377 e. The molecule has 132 valence electrons. The molecule has 1 aliphatic heterocycles. The van der Waals surface area contributed by atoms with Crippen molar-refractivity contribution >= 4 is 17.4 Å². The minimum Gasteiger partial charge on any atom is -0.377 e. The van der Waals surface area contributed by atoms with Crippen LogP contribution in [0.1, 0.15) is 19.4 Å². The van der Waals surface area contributed by atoms with E-state index in [0.717, 1.165) is 30.2 Å². The van der Waals surface area contributed by atoms with Crippen LogP contribution in [0.2, 0.25) is 0 Å². The summed E-state index contributed by atoms with van der Waals surface area (Å²) in [5.41, 5.74) is 3.00. The Morgan fingerprint density at radius 2 is 1.68 bits per heavy atom. The average molecular weight is 339 g/mol. The van der Waals surface area contributed by atoms with E-state index < -0.39 is 0 Å². The standard InChI is InChI=1S/C20H25N3O2/c1-15-13-25-14-16(2)23(15)19-10-8-18(9-11-19)22-20(24)21-12-17-6-4-3-5-7-17/h3-11,15-16H,12-14H2,1-2H3,(H2,21,22,24). The Kier molecular flexibility index (Phi) is 5.56. The second-order valence-corrected chi connectivity index (χ2v) is 6.48. The number of nitrogens with zero attached hydrogens (tertiary/aromatic N) is 1. The van der Waals surface area contributed by atoms with Gasteiger partial charge in [0, 0.05) is 30.0 Å². The fourth-order valence-corrected chi connectivity index (χ4v) is 3.18. The number of morpholine rings is 1. The van der Waals surface area contributed by atoms with Crippen molar-refractivity contribution in [3.05, 3.63) is 60.2 Å². The number of nitrogens with one attached hydrogen (secondary N) is 2. The number of rotatable bonds is 4. The van der Waals surface area contributed by atoms with Crippen molar-refractivity contribution in [3.8, 4) is 0 Å². The monoisotopic (exact) mass is 339 g/mol. The molecular weight excluding hydrogens is 314 g/mol. The normalized spacial score (nSPS) is 20.2. The number of urea groups is 1. The van der Waals surface area contributed by atoms with Crippen LogP contribution in [0.15, 0.2) is 54.6 Å². The molecule has 5 heteroatoms. The predicted molar refractivity (Wildman–Crippen MR) is 101 cm³/mol. The van der Waals surface area contributed by atoms with E-state index in [1.807, 2.05) is 54.6 Å². The first kappa shape index (κ1) is 17.3. The van der Waals surface area contributed by atoms with E-state index in [9.17, 15) is 4.79 Å². The number of ether oxygens (including phenoxy) is 1. The molecule has 0 bridgehead atoms. The van der Waals surface area contributed by atoms with Crippen LogP contribution in [0.4, 0.5) is 16.2 Å². The van der Waals surface area contributed by atoms with Crippen LogP contribution in [0, 0.1) is 0 Å². The Bertz CT molecular complexity index is 678. The summed E-state index contributed by atoms with van der Waals surface area (Å²) in [4.78, 5) is 14.4. The third kappa shape index (κ3) is 4.51. The molecule has 0 aliphatic carbocycles. The Morgan fingerprint density at radius 1 is 1.04 bits per heavy atom. The van der Waals surface area contributed by atoms with Gasteiger partial charge in [0.15, 0.2) is 0 Å². The molecule has 1 saturated heterocycles. The molecule has 0 radical (unpaired) electrons. The average Bonchev–Trinajstić information content (AvgIpc) is 2.62. The van der Waals surface area contributed by atoms with Gasteiger partial charge in [-0.3, -0.25) is 0 Å². The zero-order valence-electron chi connectivity index (χ0n) is 14.7. The summed E-state index contributed by atoms with van der Waals surface area (Å²) in [6.07, 6.45) is 0. The van der Waals surface area contributed by atoms with Crippen LogP contribution in [0.25, 0.3) is 0 Å². The third-order valence-electron chi connectivity index (χ3n) is 4.39. The summed E-state index contributed by atoms with van der Waals surface area (Å²) < 4.78 is 5.58. The van der Waals surface area contributed by atoms with Gasteiger partial charge in [0.1, 0.15) is 0 Å². The number of anilines is 2. The lowest BCUT2D eigenvalue weighted by Gasteiger charge is -2.40. The molecule has 25 heavy (non-hydrogen) atoms. The topological polar surface area (TPSA) is 53.6 Å². The summed E-state index contributed by atoms with van der Waals surface area (Å²) in [6.45, 7) is 6.32. The number of amides is 2. The van der Waals surface area contributed by atoms with Crippen LogP contribution in [0.5, 0.6) is 0 Å². The summed E-state index contributed by atoms with van der Waals surface area (Å²) >= 11 is 0. The van der Waals surface area contributed by atoms with Crippen molar-refractivity contribution < 1.29 is 9.53 Å². The van der Waals surface area contributed by atoms with Gasteiger partial charge in [0.2, 0.25) is 0 Å².